The second-order valence-corrected chi connectivity index (χ2v) is 5.91. The van der Waals surface area contributed by atoms with Gasteiger partial charge in [-0.15, -0.1) is 13.2 Å². The number of rotatable bonds is 3. The zero-order chi connectivity index (χ0) is 19.9. The summed E-state index contributed by atoms with van der Waals surface area (Å²) >= 11 is 5.44. The van der Waals surface area contributed by atoms with Crippen molar-refractivity contribution in [2.24, 2.45) is 0 Å². The molecule has 0 spiro atoms. The highest BCUT2D eigenvalue weighted by molar-refractivity contribution is 6.20. The molecule has 1 heterocycles. The molecule has 1 aromatic rings. The number of hydrogen-bond acceptors (Lipinski definition) is 4. The van der Waals surface area contributed by atoms with Gasteiger partial charge in [0.2, 0.25) is 6.10 Å². The molecule has 0 aliphatic carbocycles. The lowest BCUT2D eigenvalue weighted by atomic mass is 9.99. The van der Waals surface area contributed by atoms with E-state index in [1.807, 2.05) is 0 Å². The minimum atomic E-state index is -5.00. The SMILES string of the molecule is Cc1cc(OC(F)(F)F)cc2c1OC(C(F)(F)F)C(C(=O)OC(C)Cl)=C2. The molecule has 4 nitrogen and oxygen atoms in total. The second-order valence-electron chi connectivity index (χ2n) is 5.29. The van der Waals surface area contributed by atoms with Crippen LogP contribution in [-0.2, 0) is 9.53 Å². The minimum absolute atomic E-state index is 0.0367. The van der Waals surface area contributed by atoms with E-state index in [0.717, 1.165) is 18.2 Å². The number of carbonyl (C=O) groups excluding carboxylic acids is 1. The van der Waals surface area contributed by atoms with Crippen molar-refractivity contribution in [2.45, 2.75) is 38.1 Å². The Morgan fingerprint density at radius 3 is 2.35 bits per heavy atom. The quantitative estimate of drug-likeness (QED) is 0.415. The van der Waals surface area contributed by atoms with Gasteiger partial charge in [0.05, 0.1) is 5.57 Å². The lowest BCUT2D eigenvalue weighted by molar-refractivity contribution is -0.274. The molecular formula is C15H11ClF6O4. The largest absolute Gasteiger partial charge is 0.573 e. The van der Waals surface area contributed by atoms with Gasteiger partial charge in [-0.25, -0.2) is 4.79 Å². The zero-order valence-electron chi connectivity index (χ0n) is 13.2. The summed E-state index contributed by atoms with van der Waals surface area (Å²) in [6.45, 7) is 2.45. The highest BCUT2D eigenvalue weighted by Gasteiger charge is 2.49. The third-order valence-corrected chi connectivity index (χ3v) is 3.23. The minimum Gasteiger partial charge on any atom is -0.475 e. The third kappa shape index (κ3) is 4.75. The smallest absolute Gasteiger partial charge is 0.475 e. The van der Waals surface area contributed by atoms with Crippen molar-refractivity contribution >= 4 is 23.6 Å². The fourth-order valence-corrected chi connectivity index (χ4v) is 2.36. The van der Waals surface area contributed by atoms with Crippen LogP contribution >= 0.6 is 11.6 Å². The second kappa shape index (κ2) is 6.90. The average molecular weight is 405 g/mol. The fourth-order valence-electron chi connectivity index (χ4n) is 2.28. The Bertz CT molecular complexity index is 739. The number of esters is 1. The normalized spacial score (nSPS) is 18.3. The summed E-state index contributed by atoms with van der Waals surface area (Å²) in [6.07, 6.45) is -11.9. The molecule has 26 heavy (non-hydrogen) atoms. The van der Waals surface area contributed by atoms with Crippen LogP contribution in [0, 0.1) is 6.92 Å². The van der Waals surface area contributed by atoms with Crippen molar-refractivity contribution in [1.29, 1.82) is 0 Å². The van der Waals surface area contributed by atoms with Crippen molar-refractivity contribution in [3.63, 3.8) is 0 Å². The summed E-state index contributed by atoms with van der Waals surface area (Å²) in [4.78, 5) is 11.9. The number of alkyl halides is 7. The molecule has 1 aliphatic rings. The molecule has 1 aliphatic heterocycles. The van der Waals surface area contributed by atoms with Crippen LogP contribution in [0.1, 0.15) is 18.1 Å². The summed E-state index contributed by atoms with van der Waals surface area (Å²) < 4.78 is 90.0. The van der Waals surface area contributed by atoms with E-state index in [-0.39, 0.29) is 16.9 Å². The molecule has 0 radical (unpaired) electrons. The number of halogens is 7. The molecule has 0 amide bonds. The molecule has 0 fully saturated rings. The van der Waals surface area contributed by atoms with Gasteiger partial charge in [-0.1, -0.05) is 11.6 Å². The number of hydrogen-bond donors (Lipinski definition) is 0. The van der Waals surface area contributed by atoms with Crippen LogP contribution in [0.3, 0.4) is 0 Å². The van der Waals surface area contributed by atoms with Crippen molar-refractivity contribution < 1.29 is 45.3 Å². The lowest BCUT2D eigenvalue weighted by Crippen LogP contribution is -2.41. The Kier molecular flexibility index (Phi) is 5.36. The Labute approximate surface area is 148 Å². The van der Waals surface area contributed by atoms with Gasteiger partial charge in [-0.3, -0.25) is 0 Å². The van der Waals surface area contributed by atoms with Crippen LogP contribution in [0.15, 0.2) is 17.7 Å². The lowest BCUT2D eigenvalue weighted by Gasteiger charge is -2.29. The van der Waals surface area contributed by atoms with E-state index in [4.69, 9.17) is 16.3 Å². The molecule has 0 bridgehead atoms. The average Bonchev–Trinajstić information content (AvgIpc) is 2.42. The van der Waals surface area contributed by atoms with E-state index in [2.05, 4.69) is 9.47 Å². The highest BCUT2D eigenvalue weighted by atomic mass is 35.5. The van der Waals surface area contributed by atoms with Gasteiger partial charge >= 0.3 is 18.5 Å². The summed E-state index contributed by atoms with van der Waals surface area (Å²) in [5, 5.41) is 0. The number of aryl methyl sites for hydroxylation is 1. The summed E-state index contributed by atoms with van der Waals surface area (Å²) in [7, 11) is 0. The van der Waals surface area contributed by atoms with E-state index >= 15 is 0 Å². The van der Waals surface area contributed by atoms with Crippen LogP contribution in [0.25, 0.3) is 6.08 Å². The van der Waals surface area contributed by atoms with E-state index in [0.29, 0.717) is 0 Å². The molecule has 2 atom stereocenters. The molecule has 144 valence electrons. The van der Waals surface area contributed by atoms with Crippen molar-refractivity contribution in [3.05, 3.63) is 28.8 Å². The van der Waals surface area contributed by atoms with Crippen LogP contribution in [0.4, 0.5) is 26.3 Å². The first-order valence-corrected chi connectivity index (χ1v) is 7.42. The molecule has 0 saturated heterocycles. The van der Waals surface area contributed by atoms with Gasteiger partial charge in [0, 0.05) is 5.56 Å². The summed E-state index contributed by atoms with van der Waals surface area (Å²) in [6, 6.07) is 1.68. The van der Waals surface area contributed by atoms with Crippen molar-refractivity contribution in [1.82, 2.24) is 0 Å². The number of fused-ring (bicyclic) bond motifs is 1. The Hall–Kier alpha value is -2.10. The van der Waals surface area contributed by atoms with E-state index < -0.39 is 41.5 Å². The van der Waals surface area contributed by atoms with Crippen molar-refractivity contribution in [2.75, 3.05) is 0 Å². The van der Waals surface area contributed by atoms with Gasteiger partial charge in [0.25, 0.3) is 0 Å². The first-order chi connectivity index (χ1) is 11.8. The predicted octanol–water partition coefficient (Wildman–Crippen LogP) is 4.73. The van der Waals surface area contributed by atoms with Crippen molar-refractivity contribution in [3.8, 4) is 11.5 Å². The summed E-state index contributed by atoms with van der Waals surface area (Å²) in [5.74, 6) is -2.39. The molecule has 2 unspecified atom stereocenters. The first kappa shape index (κ1) is 20.2. The van der Waals surface area contributed by atoms with Crippen LogP contribution in [-0.4, -0.2) is 30.2 Å². The van der Waals surface area contributed by atoms with Crippen LogP contribution in [0.5, 0.6) is 11.5 Å². The van der Waals surface area contributed by atoms with Gasteiger partial charge in [0.15, 0.2) is 5.56 Å². The first-order valence-electron chi connectivity index (χ1n) is 6.98. The van der Waals surface area contributed by atoms with Crippen LogP contribution in [0.2, 0.25) is 0 Å². The van der Waals surface area contributed by atoms with Gasteiger partial charge in [0.1, 0.15) is 11.5 Å². The van der Waals surface area contributed by atoms with E-state index in [1.54, 1.807) is 0 Å². The number of benzene rings is 1. The van der Waals surface area contributed by atoms with Gasteiger partial charge in [-0.05, 0) is 37.6 Å². The maximum Gasteiger partial charge on any atom is 0.573 e. The molecule has 2 rings (SSSR count). The Morgan fingerprint density at radius 2 is 1.85 bits per heavy atom. The van der Waals surface area contributed by atoms with Gasteiger partial charge < -0.3 is 14.2 Å². The van der Waals surface area contributed by atoms with Gasteiger partial charge in [-0.2, -0.15) is 13.2 Å². The predicted molar refractivity (Wildman–Crippen MR) is 77.7 cm³/mol. The standard InChI is InChI=1S/C15H11ClF6O4/c1-6-3-9(26-15(20,21)22)4-8-5-10(13(23)24-7(2)16)12(14(17,18)19)25-11(6)8/h3-5,7,12H,1-2H3. The molecule has 11 heteroatoms. The number of ether oxygens (including phenoxy) is 3. The molecule has 0 saturated carbocycles. The fraction of sp³-hybridized carbons (Fsp3) is 0.400. The molecular weight excluding hydrogens is 394 g/mol. The van der Waals surface area contributed by atoms with Crippen LogP contribution < -0.4 is 9.47 Å². The summed E-state index contributed by atoms with van der Waals surface area (Å²) in [5.41, 5.74) is -2.40. The number of carbonyl (C=O) groups is 1. The van der Waals surface area contributed by atoms with E-state index in [1.165, 1.54) is 13.8 Å². The topological polar surface area (TPSA) is 44.8 Å². The third-order valence-electron chi connectivity index (χ3n) is 3.14. The zero-order valence-corrected chi connectivity index (χ0v) is 13.9. The monoisotopic (exact) mass is 404 g/mol. The maximum atomic E-state index is 13.2. The maximum absolute atomic E-state index is 13.2. The molecule has 1 aromatic carbocycles. The molecule has 0 aromatic heterocycles. The highest BCUT2D eigenvalue weighted by Crippen LogP contribution is 2.41. The Morgan fingerprint density at radius 1 is 1.23 bits per heavy atom. The van der Waals surface area contributed by atoms with E-state index in [9.17, 15) is 31.1 Å². The molecule has 0 N–H and O–H groups in total. The Balaban J connectivity index is 2.53.